The Labute approximate surface area is 184 Å². The summed E-state index contributed by atoms with van der Waals surface area (Å²) in [4.78, 5) is 35.5. The van der Waals surface area contributed by atoms with Crippen LogP contribution in [0.2, 0.25) is 0 Å². The van der Waals surface area contributed by atoms with Gasteiger partial charge in [0.05, 0.1) is 19.1 Å². The Balaban J connectivity index is 2.05. The average Bonchev–Trinajstić information content (AvgIpc) is 2.79. The van der Waals surface area contributed by atoms with Crippen LogP contribution < -0.4 is 14.8 Å². The van der Waals surface area contributed by atoms with E-state index in [1.807, 2.05) is 6.26 Å². The number of nitro groups is 1. The van der Waals surface area contributed by atoms with E-state index in [9.17, 15) is 19.7 Å². The first-order valence-electron chi connectivity index (χ1n) is 9.31. The number of ether oxygens (including phenoxy) is 3. The van der Waals surface area contributed by atoms with Crippen molar-refractivity contribution in [1.82, 2.24) is 5.32 Å². The number of hydrogen-bond acceptors (Lipinski definition) is 8. The van der Waals surface area contributed by atoms with Crippen molar-refractivity contribution in [2.45, 2.75) is 19.1 Å². The Morgan fingerprint density at radius 3 is 2.35 bits per heavy atom. The summed E-state index contributed by atoms with van der Waals surface area (Å²) in [6.45, 7) is -0.0567. The van der Waals surface area contributed by atoms with Crippen molar-refractivity contribution >= 4 is 29.3 Å². The second kappa shape index (κ2) is 11.8. The minimum Gasteiger partial charge on any atom is -0.493 e. The third-order valence-electron chi connectivity index (χ3n) is 4.37. The molecule has 2 rings (SSSR count). The van der Waals surface area contributed by atoms with Gasteiger partial charge in [0.2, 0.25) is 0 Å². The molecule has 2 aromatic rings. The number of thioether (sulfide) groups is 1. The van der Waals surface area contributed by atoms with E-state index in [0.29, 0.717) is 34.8 Å². The molecular weight excluding hydrogens is 424 g/mol. The summed E-state index contributed by atoms with van der Waals surface area (Å²) < 4.78 is 15.7. The number of hydrogen-bond donors (Lipinski definition) is 1. The number of benzene rings is 2. The fraction of sp³-hybridized carbons (Fsp3) is 0.333. The standard InChI is InChI=1S/C21H24N2O7S/c1-28-18-9-6-15(12-19(18)29-2)20(24)22-17(10-11-31-3)21(25)30-13-14-4-7-16(8-5-14)23(26)27/h4-9,12,17H,10-11,13H2,1-3H3,(H,22,24). The summed E-state index contributed by atoms with van der Waals surface area (Å²) >= 11 is 1.54. The molecule has 0 spiro atoms. The van der Waals surface area contributed by atoms with Crippen LogP contribution in [0.25, 0.3) is 0 Å². The second-order valence-corrected chi connectivity index (χ2v) is 7.39. The topological polar surface area (TPSA) is 117 Å². The molecule has 9 nitrogen and oxygen atoms in total. The summed E-state index contributed by atoms with van der Waals surface area (Å²) in [5.41, 5.74) is 0.874. The van der Waals surface area contributed by atoms with E-state index in [4.69, 9.17) is 14.2 Å². The van der Waals surface area contributed by atoms with Gasteiger partial charge in [-0.3, -0.25) is 14.9 Å². The molecule has 1 unspecified atom stereocenters. The fourth-order valence-corrected chi connectivity index (χ4v) is 3.14. The van der Waals surface area contributed by atoms with Gasteiger partial charge in [-0.25, -0.2) is 4.79 Å². The van der Waals surface area contributed by atoms with Gasteiger partial charge in [-0.2, -0.15) is 11.8 Å². The second-order valence-electron chi connectivity index (χ2n) is 6.41. The number of nitrogens with zero attached hydrogens (tertiary/aromatic N) is 1. The third-order valence-corrected chi connectivity index (χ3v) is 5.02. The van der Waals surface area contributed by atoms with Gasteiger partial charge in [-0.05, 0) is 54.3 Å². The largest absolute Gasteiger partial charge is 0.493 e. The highest BCUT2D eigenvalue weighted by Gasteiger charge is 2.23. The lowest BCUT2D eigenvalue weighted by Gasteiger charge is -2.18. The molecule has 0 aliphatic rings. The molecule has 166 valence electrons. The zero-order valence-electron chi connectivity index (χ0n) is 17.5. The van der Waals surface area contributed by atoms with Crippen molar-refractivity contribution < 1.29 is 28.7 Å². The summed E-state index contributed by atoms with van der Waals surface area (Å²) in [5, 5.41) is 13.4. The lowest BCUT2D eigenvalue weighted by Crippen LogP contribution is -2.42. The van der Waals surface area contributed by atoms with E-state index < -0.39 is 22.8 Å². The van der Waals surface area contributed by atoms with Crippen LogP contribution in [0, 0.1) is 10.1 Å². The Morgan fingerprint density at radius 1 is 1.10 bits per heavy atom. The Morgan fingerprint density at radius 2 is 1.77 bits per heavy atom. The van der Waals surface area contributed by atoms with Crippen molar-refractivity contribution in [2.75, 3.05) is 26.2 Å². The molecule has 0 heterocycles. The van der Waals surface area contributed by atoms with Crippen LogP contribution in [0.15, 0.2) is 42.5 Å². The van der Waals surface area contributed by atoms with E-state index in [1.165, 1.54) is 44.6 Å². The summed E-state index contributed by atoms with van der Waals surface area (Å²) in [6, 6.07) is 9.59. The van der Waals surface area contributed by atoms with Gasteiger partial charge in [-0.1, -0.05) is 0 Å². The van der Waals surface area contributed by atoms with Crippen molar-refractivity contribution in [1.29, 1.82) is 0 Å². The molecule has 0 radical (unpaired) electrons. The lowest BCUT2D eigenvalue weighted by atomic mass is 10.1. The molecule has 1 atom stereocenters. The van der Waals surface area contributed by atoms with Crippen molar-refractivity contribution in [2.24, 2.45) is 0 Å². The molecule has 0 aromatic heterocycles. The van der Waals surface area contributed by atoms with Gasteiger partial charge in [0.1, 0.15) is 12.6 Å². The van der Waals surface area contributed by atoms with Gasteiger partial charge in [0, 0.05) is 17.7 Å². The van der Waals surface area contributed by atoms with Crippen LogP contribution in [0.1, 0.15) is 22.3 Å². The van der Waals surface area contributed by atoms with Gasteiger partial charge in [0.15, 0.2) is 11.5 Å². The highest BCUT2D eigenvalue weighted by Crippen LogP contribution is 2.27. The molecule has 0 aliphatic carbocycles. The van der Waals surface area contributed by atoms with Gasteiger partial charge in [0.25, 0.3) is 11.6 Å². The van der Waals surface area contributed by atoms with Crippen LogP contribution in [-0.2, 0) is 16.1 Å². The number of esters is 1. The molecule has 2 aromatic carbocycles. The van der Waals surface area contributed by atoms with Crippen LogP contribution in [0.5, 0.6) is 11.5 Å². The molecule has 10 heteroatoms. The van der Waals surface area contributed by atoms with E-state index in [1.54, 1.807) is 23.9 Å². The number of nitro benzene ring substituents is 1. The maximum atomic E-state index is 12.7. The quantitative estimate of drug-likeness (QED) is 0.316. The first-order chi connectivity index (χ1) is 14.9. The van der Waals surface area contributed by atoms with Crippen molar-refractivity contribution in [3.63, 3.8) is 0 Å². The molecular formula is C21H24N2O7S. The van der Waals surface area contributed by atoms with Crippen LogP contribution >= 0.6 is 11.8 Å². The van der Waals surface area contributed by atoms with Gasteiger partial charge < -0.3 is 19.5 Å². The van der Waals surface area contributed by atoms with E-state index in [0.717, 1.165) is 0 Å². The number of amides is 1. The monoisotopic (exact) mass is 448 g/mol. The summed E-state index contributed by atoms with van der Waals surface area (Å²) in [5.74, 6) is 0.501. The molecule has 0 aliphatic heterocycles. The Bertz CT molecular complexity index is 918. The molecule has 0 saturated heterocycles. The Kier molecular flexibility index (Phi) is 9.13. The first kappa shape index (κ1) is 24.0. The molecule has 0 saturated carbocycles. The van der Waals surface area contributed by atoms with Crippen molar-refractivity contribution in [3.8, 4) is 11.5 Å². The fourth-order valence-electron chi connectivity index (χ4n) is 2.67. The molecule has 1 N–H and O–H groups in total. The lowest BCUT2D eigenvalue weighted by molar-refractivity contribution is -0.384. The molecule has 0 bridgehead atoms. The van der Waals surface area contributed by atoms with Crippen LogP contribution in [0.4, 0.5) is 5.69 Å². The normalized spacial score (nSPS) is 11.3. The Hall–Kier alpha value is -3.27. The highest BCUT2D eigenvalue weighted by atomic mass is 32.2. The van der Waals surface area contributed by atoms with E-state index in [2.05, 4.69) is 5.32 Å². The van der Waals surface area contributed by atoms with Crippen LogP contribution in [-0.4, -0.2) is 49.1 Å². The number of non-ortho nitro benzene ring substituents is 1. The SMILES string of the molecule is COc1ccc(C(=O)NC(CCSC)C(=O)OCc2ccc([N+](=O)[O-])cc2)cc1OC. The smallest absolute Gasteiger partial charge is 0.329 e. The van der Waals surface area contributed by atoms with Gasteiger partial charge >= 0.3 is 5.97 Å². The minimum absolute atomic E-state index is 0.0462. The zero-order valence-corrected chi connectivity index (χ0v) is 18.3. The maximum absolute atomic E-state index is 12.7. The average molecular weight is 448 g/mol. The maximum Gasteiger partial charge on any atom is 0.329 e. The number of nitrogens with one attached hydrogen (secondary N) is 1. The number of carbonyl (C=O) groups is 2. The number of rotatable bonds is 11. The molecule has 0 fully saturated rings. The van der Waals surface area contributed by atoms with Crippen molar-refractivity contribution in [3.05, 3.63) is 63.7 Å². The van der Waals surface area contributed by atoms with E-state index >= 15 is 0 Å². The van der Waals surface area contributed by atoms with Gasteiger partial charge in [-0.15, -0.1) is 0 Å². The van der Waals surface area contributed by atoms with E-state index in [-0.39, 0.29) is 12.3 Å². The first-order valence-corrected chi connectivity index (χ1v) is 10.7. The third kappa shape index (κ3) is 6.88. The molecule has 1 amide bonds. The summed E-state index contributed by atoms with van der Waals surface area (Å²) in [6.07, 6.45) is 2.29. The number of methoxy groups -OCH3 is 2. The predicted molar refractivity (Wildman–Crippen MR) is 117 cm³/mol. The van der Waals surface area contributed by atoms with Crippen LogP contribution in [0.3, 0.4) is 0 Å². The zero-order chi connectivity index (χ0) is 22.8. The predicted octanol–water partition coefficient (Wildman–Crippen LogP) is 3.21. The summed E-state index contributed by atoms with van der Waals surface area (Å²) in [7, 11) is 2.97. The minimum atomic E-state index is -0.842. The highest BCUT2D eigenvalue weighted by molar-refractivity contribution is 7.98. The molecule has 31 heavy (non-hydrogen) atoms. The number of carbonyl (C=O) groups excluding carboxylic acids is 2.